The summed E-state index contributed by atoms with van der Waals surface area (Å²) in [5, 5.41) is 0. The van der Waals surface area contributed by atoms with E-state index in [-0.39, 0.29) is 6.04 Å². The molecule has 66 valence electrons. The van der Waals surface area contributed by atoms with Gasteiger partial charge in [-0.3, -0.25) is 0 Å². The van der Waals surface area contributed by atoms with E-state index in [0.717, 1.165) is 12.8 Å². The van der Waals surface area contributed by atoms with Gasteiger partial charge in [-0.05, 0) is 26.2 Å². The first-order valence-corrected chi connectivity index (χ1v) is 3.97. The third-order valence-corrected chi connectivity index (χ3v) is 2.70. The fourth-order valence-corrected chi connectivity index (χ4v) is 1.49. The predicted octanol–water partition coefficient (Wildman–Crippen LogP) is -1.17. The number of nitrogens with two attached hydrogens (primary N) is 4. The van der Waals surface area contributed by atoms with Crippen molar-refractivity contribution >= 4 is 0 Å². The average molecular weight is 158 g/mol. The molecule has 0 heterocycles. The highest BCUT2D eigenvalue weighted by atomic mass is 15.1. The van der Waals surface area contributed by atoms with E-state index < -0.39 is 11.2 Å². The molecule has 0 aliphatic heterocycles. The lowest BCUT2D eigenvalue weighted by Gasteiger charge is -2.46. The van der Waals surface area contributed by atoms with Crippen LogP contribution in [0.1, 0.15) is 26.2 Å². The molecule has 0 bridgehead atoms. The van der Waals surface area contributed by atoms with Gasteiger partial charge in [0.2, 0.25) is 0 Å². The molecule has 1 aliphatic rings. The highest BCUT2D eigenvalue weighted by Gasteiger charge is 2.43. The molecular formula is C7H18N4. The highest BCUT2D eigenvalue weighted by molar-refractivity contribution is 5.05. The monoisotopic (exact) mass is 158 g/mol. The number of rotatable bonds is 0. The van der Waals surface area contributed by atoms with E-state index in [4.69, 9.17) is 22.9 Å². The Morgan fingerprint density at radius 1 is 1.27 bits per heavy atom. The van der Waals surface area contributed by atoms with Crippen molar-refractivity contribution in [2.45, 2.75) is 43.4 Å². The molecule has 4 nitrogen and oxygen atoms in total. The van der Waals surface area contributed by atoms with Crippen LogP contribution in [0.5, 0.6) is 0 Å². The lowest BCUT2D eigenvalue weighted by atomic mass is 9.73. The van der Waals surface area contributed by atoms with Crippen molar-refractivity contribution in [3.8, 4) is 0 Å². The van der Waals surface area contributed by atoms with Crippen LogP contribution in [-0.4, -0.2) is 17.2 Å². The van der Waals surface area contributed by atoms with Crippen LogP contribution in [0.15, 0.2) is 0 Å². The van der Waals surface area contributed by atoms with Crippen molar-refractivity contribution < 1.29 is 0 Å². The number of hydrogen-bond donors (Lipinski definition) is 4. The summed E-state index contributed by atoms with van der Waals surface area (Å²) >= 11 is 0. The molecule has 8 N–H and O–H groups in total. The summed E-state index contributed by atoms with van der Waals surface area (Å²) in [6, 6.07) is 0.113. The molecule has 0 saturated heterocycles. The minimum atomic E-state index is -0.801. The maximum atomic E-state index is 5.91. The molecule has 0 aromatic carbocycles. The molecule has 0 amide bonds. The van der Waals surface area contributed by atoms with Crippen LogP contribution >= 0.6 is 0 Å². The van der Waals surface area contributed by atoms with Gasteiger partial charge in [0.15, 0.2) is 0 Å². The Hall–Kier alpha value is -0.160. The van der Waals surface area contributed by atoms with Gasteiger partial charge in [0.1, 0.15) is 0 Å². The number of hydrogen-bond acceptors (Lipinski definition) is 4. The Labute approximate surface area is 67.3 Å². The van der Waals surface area contributed by atoms with Crippen LogP contribution < -0.4 is 22.9 Å². The Bertz CT molecular complexity index is 153. The highest BCUT2D eigenvalue weighted by Crippen LogP contribution is 2.28. The van der Waals surface area contributed by atoms with Gasteiger partial charge in [-0.2, -0.15) is 0 Å². The molecule has 1 rings (SSSR count). The van der Waals surface area contributed by atoms with Crippen LogP contribution in [0.4, 0.5) is 0 Å². The summed E-state index contributed by atoms with van der Waals surface area (Å²) in [7, 11) is 0. The van der Waals surface area contributed by atoms with Crippen LogP contribution in [0.3, 0.4) is 0 Å². The third-order valence-electron chi connectivity index (χ3n) is 2.70. The molecule has 0 aromatic rings. The second kappa shape index (κ2) is 2.42. The van der Waals surface area contributed by atoms with Gasteiger partial charge in [0, 0.05) is 11.6 Å². The molecule has 2 atom stereocenters. The van der Waals surface area contributed by atoms with Gasteiger partial charge in [-0.1, -0.05) is 0 Å². The summed E-state index contributed by atoms with van der Waals surface area (Å²) in [6.45, 7) is 1.89. The van der Waals surface area contributed by atoms with E-state index in [0.29, 0.717) is 6.42 Å². The van der Waals surface area contributed by atoms with E-state index in [1.807, 2.05) is 6.92 Å². The molecule has 0 aromatic heterocycles. The summed E-state index contributed by atoms with van der Waals surface area (Å²) in [4.78, 5) is 0. The van der Waals surface area contributed by atoms with Gasteiger partial charge in [0.05, 0.1) is 5.66 Å². The quantitative estimate of drug-likeness (QED) is 0.333. The lowest BCUT2D eigenvalue weighted by Crippen LogP contribution is -2.73. The summed E-state index contributed by atoms with van der Waals surface area (Å²) in [5.41, 5.74) is 22.0. The van der Waals surface area contributed by atoms with Crippen LogP contribution in [0.25, 0.3) is 0 Å². The first-order chi connectivity index (χ1) is 4.85. The van der Waals surface area contributed by atoms with Crippen LogP contribution in [0.2, 0.25) is 0 Å². The largest absolute Gasteiger partial charge is 0.328 e. The Morgan fingerprint density at radius 2 is 1.82 bits per heavy atom. The maximum Gasteiger partial charge on any atom is 0.0833 e. The zero-order chi connectivity index (χ0) is 8.70. The first-order valence-electron chi connectivity index (χ1n) is 3.97. The van der Waals surface area contributed by atoms with Gasteiger partial charge in [-0.15, -0.1) is 0 Å². The molecule has 11 heavy (non-hydrogen) atoms. The fraction of sp³-hybridized carbons (Fsp3) is 1.00. The molecule has 2 unspecified atom stereocenters. The van der Waals surface area contributed by atoms with Crippen molar-refractivity contribution in [1.82, 2.24) is 0 Å². The molecule has 1 saturated carbocycles. The SMILES string of the molecule is CC1(N)CCC(N)CC1(N)N. The molecule has 1 aliphatic carbocycles. The van der Waals surface area contributed by atoms with Crippen molar-refractivity contribution in [1.29, 1.82) is 0 Å². The molecule has 0 radical (unpaired) electrons. The van der Waals surface area contributed by atoms with Gasteiger partial charge < -0.3 is 22.9 Å². The zero-order valence-electron chi connectivity index (χ0n) is 7.01. The molecule has 1 fully saturated rings. The van der Waals surface area contributed by atoms with E-state index in [1.165, 1.54) is 0 Å². The maximum absolute atomic E-state index is 5.91. The molecule has 4 heteroatoms. The normalized spacial score (nSPS) is 43.9. The second-order valence-corrected chi connectivity index (χ2v) is 3.96. The Balaban J connectivity index is 2.72. The third kappa shape index (κ3) is 1.54. The van der Waals surface area contributed by atoms with E-state index >= 15 is 0 Å². The Kier molecular flexibility index (Phi) is 1.96. The van der Waals surface area contributed by atoms with Crippen molar-refractivity contribution in [2.24, 2.45) is 22.9 Å². The minimum Gasteiger partial charge on any atom is -0.328 e. The Morgan fingerprint density at radius 3 is 2.18 bits per heavy atom. The summed E-state index contributed by atoms with van der Waals surface area (Å²) in [5.74, 6) is 0. The summed E-state index contributed by atoms with van der Waals surface area (Å²) < 4.78 is 0. The molecular weight excluding hydrogens is 140 g/mol. The molecule has 0 spiro atoms. The van der Waals surface area contributed by atoms with Gasteiger partial charge >= 0.3 is 0 Å². The second-order valence-electron chi connectivity index (χ2n) is 3.96. The topological polar surface area (TPSA) is 104 Å². The van der Waals surface area contributed by atoms with Gasteiger partial charge in [0.25, 0.3) is 0 Å². The van der Waals surface area contributed by atoms with Crippen molar-refractivity contribution in [3.63, 3.8) is 0 Å². The average Bonchev–Trinajstić information content (AvgIpc) is 1.80. The smallest absolute Gasteiger partial charge is 0.0833 e. The zero-order valence-corrected chi connectivity index (χ0v) is 7.01. The first kappa shape index (κ1) is 8.93. The van der Waals surface area contributed by atoms with E-state index in [1.54, 1.807) is 0 Å². The van der Waals surface area contributed by atoms with Crippen LogP contribution in [0, 0.1) is 0 Å². The van der Waals surface area contributed by atoms with Crippen molar-refractivity contribution in [2.75, 3.05) is 0 Å². The fourth-order valence-electron chi connectivity index (χ4n) is 1.49. The van der Waals surface area contributed by atoms with Gasteiger partial charge in [-0.25, -0.2) is 0 Å². The van der Waals surface area contributed by atoms with E-state index in [2.05, 4.69) is 0 Å². The predicted molar refractivity (Wildman–Crippen MR) is 45.5 cm³/mol. The van der Waals surface area contributed by atoms with E-state index in [9.17, 15) is 0 Å². The lowest BCUT2D eigenvalue weighted by molar-refractivity contribution is 0.155. The summed E-state index contributed by atoms with van der Waals surface area (Å²) in [6.07, 6.45) is 2.34. The van der Waals surface area contributed by atoms with Crippen molar-refractivity contribution in [3.05, 3.63) is 0 Å². The minimum absolute atomic E-state index is 0.113. The standard InChI is InChI=1S/C7H18N4/c1-6(9)3-2-5(8)4-7(6,10)11/h5H,2-4,8-11H2,1H3. The van der Waals surface area contributed by atoms with Crippen LogP contribution in [-0.2, 0) is 0 Å².